The van der Waals surface area contributed by atoms with Crippen molar-refractivity contribution in [1.29, 1.82) is 0 Å². The number of sulfonamides is 1. The molecule has 0 spiro atoms. The van der Waals surface area contributed by atoms with Crippen molar-refractivity contribution < 1.29 is 23.0 Å². The maximum Gasteiger partial charge on any atom is 0.243 e. The molecule has 1 fully saturated rings. The van der Waals surface area contributed by atoms with Crippen LogP contribution in [0, 0.1) is 12.8 Å². The number of benzene rings is 1. The zero-order chi connectivity index (χ0) is 17.6. The fourth-order valence-corrected chi connectivity index (χ4v) is 4.26. The highest BCUT2D eigenvalue weighted by Gasteiger charge is 2.32. The van der Waals surface area contributed by atoms with E-state index in [0.29, 0.717) is 51.6 Å². The first-order valence-corrected chi connectivity index (χ1v) is 9.54. The van der Waals surface area contributed by atoms with Gasteiger partial charge < -0.3 is 20.3 Å². The molecule has 7 nitrogen and oxygen atoms in total. The third-order valence-electron chi connectivity index (χ3n) is 4.04. The Labute approximate surface area is 143 Å². The molecule has 2 rings (SSSR count). The average Bonchev–Trinajstić information content (AvgIpc) is 3.03. The number of hydrogen-bond donors (Lipinski definition) is 2. The van der Waals surface area contributed by atoms with E-state index < -0.39 is 10.0 Å². The molecular formula is C16H26N2O5S. The van der Waals surface area contributed by atoms with Crippen LogP contribution in [0.25, 0.3) is 0 Å². The van der Waals surface area contributed by atoms with Crippen molar-refractivity contribution in [3.8, 4) is 5.75 Å². The van der Waals surface area contributed by atoms with Gasteiger partial charge in [-0.2, -0.15) is 4.31 Å². The van der Waals surface area contributed by atoms with Crippen LogP contribution in [-0.4, -0.2) is 63.9 Å². The molecule has 0 amide bonds. The van der Waals surface area contributed by atoms with Crippen LogP contribution >= 0.6 is 0 Å². The molecule has 1 aliphatic rings. The minimum Gasteiger partial charge on any atom is -0.508 e. The lowest BCUT2D eigenvalue weighted by molar-refractivity contribution is 0.0377. The molecule has 24 heavy (non-hydrogen) atoms. The number of aryl methyl sites for hydroxylation is 1. The number of hydrogen-bond acceptors (Lipinski definition) is 6. The van der Waals surface area contributed by atoms with E-state index in [1.165, 1.54) is 22.5 Å². The molecule has 1 aromatic rings. The lowest BCUT2D eigenvalue weighted by Gasteiger charge is -2.17. The Morgan fingerprint density at radius 2 is 2.04 bits per heavy atom. The maximum atomic E-state index is 12.7. The van der Waals surface area contributed by atoms with Gasteiger partial charge in [0.25, 0.3) is 0 Å². The van der Waals surface area contributed by atoms with Crippen LogP contribution in [-0.2, 0) is 19.5 Å². The Bertz CT molecular complexity index is 635. The Morgan fingerprint density at radius 1 is 1.29 bits per heavy atom. The van der Waals surface area contributed by atoms with Gasteiger partial charge in [0.1, 0.15) is 5.75 Å². The molecule has 1 saturated heterocycles. The van der Waals surface area contributed by atoms with Gasteiger partial charge in [-0.05, 0) is 43.0 Å². The third-order valence-corrected chi connectivity index (χ3v) is 5.90. The Kier molecular flexibility index (Phi) is 7.00. The predicted octanol–water partition coefficient (Wildman–Crippen LogP) is 0.703. The van der Waals surface area contributed by atoms with Gasteiger partial charge >= 0.3 is 0 Å². The van der Waals surface area contributed by atoms with E-state index in [1.807, 2.05) is 0 Å². The molecule has 1 aromatic carbocycles. The third kappa shape index (κ3) is 4.90. The Hall–Kier alpha value is -1.19. The van der Waals surface area contributed by atoms with E-state index in [2.05, 4.69) is 0 Å². The van der Waals surface area contributed by atoms with Crippen LogP contribution in [0.5, 0.6) is 5.75 Å². The summed E-state index contributed by atoms with van der Waals surface area (Å²) in [7, 11) is -3.53. The van der Waals surface area contributed by atoms with Gasteiger partial charge in [-0.15, -0.1) is 0 Å². The van der Waals surface area contributed by atoms with Gasteiger partial charge in [0.05, 0.1) is 31.3 Å². The zero-order valence-electron chi connectivity index (χ0n) is 14.0. The first-order chi connectivity index (χ1) is 11.4. The quantitative estimate of drug-likeness (QED) is 0.630. The SMILES string of the molecule is Cc1cc(S(=O)(=O)N2CC[C@H](COCCOCCN)C2)ccc1O. The molecular weight excluding hydrogens is 332 g/mol. The van der Waals surface area contributed by atoms with E-state index in [1.54, 1.807) is 6.92 Å². The minimum absolute atomic E-state index is 0.0958. The molecule has 0 radical (unpaired) electrons. The van der Waals surface area contributed by atoms with Gasteiger partial charge in [-0.1, -0.05) is 0 Å². The van der Waals surface area contributed by atoms with Gasteiger partial charge in [0, 0.05) is 19.6 Å². The van der Waals surface area contributed by atoms with Crippen LogP contribution in [0.3, 0.4) is 0 Å². The van der Waals surface area contributed by atoms with Crippen LogP contribution in [0.2, 0.25) is 0 Å². The molecule has 0 saturated carbocycles. The number of phenols is 1. The topological polar surface area (TPSA) is 102 Å². The Morgan fingerprint density at radius 3 is 2.75 bits per heavy atom. The Balaban J connectivity index is 1.84. The summed E-state index contributed by atoms with van der Waals surface area (Å²) >= 11 is 0. The predicted molar refractivity (Wildman–Crippen MR) is 90.4 cm³/mol. The molecule has 3 N–H and O–H groups in total. The summed E-state index contributed by atoms with van der Waals surface area (Å²) in [5, 5.41) is 9.55. The summed E-state index contributed by atoms with van der Waals surface area (Å²) in [6.07, 6.45) is 0.778. The maximum absolute atomic E-state index is 12.7. The van der Waals surface area contributed by atoms with E-state index in [0.717, 1.165) is 6.42 Å². The second-order valence-corrected chi connectivity index (χ2v) is 7.88. The summed E-state index contributed by atoms with van der Waals surface area (Å²) in [4.78, 5) is 0.217. The number of ether oxygens (including phenoxy) is 2. The number of nitrogens with zero attached hydrogens (tertiary/aromatic N) is 1. The summed E-state index contributed by atoms with van der Waals surface area (Å²) < 4.78 is 37.6. The molecule has 0 bridgehead atoms. The van der Waals surface area contributed by atoms with Crippen molar-refractivity contribution in [3.63, 3.8) is 0 Å². The normalized spacial score (nSPS) is 19.0. The molecule has 136 valence electrons. The largest absolute Gasteiger partial charge is 0.508 e. The van der Waals surface area contributed by atoms with Crippen molar-refractivity contribution in [2.75, 3.05) is 46.1 Å². The van der Waals surface area contributed by atoms with E-state index in [-0.39, 0.29) is 16.6 Å². The number of nitrogens with two attached hydrogens (primary N) is 1. The lowest BCUT2D eigenvalue weighted by atomic mass is 10.1. The van der Waals surface area contributed by atoms with Crippen molar-refractivity contribution in [3.05, 3.63) is 23.8 Å². The highest BCUT2D eigenvalue weighted by molar-refractivity contribution is 7.89. The van der Waals surface area contributed by atoms with Crippen LogP contribution in [0.15, 0.2) is 23.1 Å². The molecule has 0 unspecified atom stereocenters. The molecule has 8 heteroatoms. The second-order valence-electron chi connectivity index (χ2n) is 5.94. The monoisotopic (exact) mass is 358 g/mol. The van der Waals surface area contributed by atoms with Gasteiger partial charge in [-0.3, -0.25) is 0 Å². The zero-order valence-corrected chi connectivity index (χ0v) is 14.8. The van der Waals surface area contributed by atoms with Crippen molar-refractivity contribution in [1.82, 2.24) is 4.31 Å². The van der Waals surface area contributed by atoms with Gasteiger partial charge in [0.15, 0.2) is 0 Å². The van der Waals surface area contributed by atoms with Crippen molar-refractivity contribution in [2.45, 2.75) is 18.2 Å². The van der Waals surface area contributed by atoms with Crippen LogP contribution in [0.4, 0.5) is 0 Å². The minimum atomic E-state index is -3.53. The van der Waals surface area contributed by atoms with Crippen molar-refractivity contribution >= 4 is 10.0 Å². The highest BCUT2D eigenvalue weighted by Crippen LogP contribution is 2.27. The number of rotatable bonds is 9. The van der Waals surface area contributed by atoms with Crippen LogP contribution in [0.1, 0.15) is 12.0 Å². The number of phenolic OH excluding ortho intramolecular Hbond substituents is 1. The van der Waals surface area contributed by atoms with Crippen molar-refractivity contribution in [2.24, 2.45) is 11.7 Å². The van der Waals surface area contributed by atoms with E-state index in [9.17, 15) is 13.5 Å². The van der Waals surface area contributed by atoms with Crippen LogP contribution < -0.4 is 5.73 Å². The summed E-state index contributed by atoms with van der Waals surface area (Å²) in [6.45, 7) is 5.14. The fourth-order valence-electron chi connectivity index (χ4n) is 2.64. The molecule has 1 heterocycles. The van der Waals surface area contributed by atoms with E-state index in [4.69, 9.17) is 15.2 Å². The second kappa shape index (κ2) is 8.77. The van der Waals surface area contributed by atoms with Gasteiger partial charge in [-0.25, -0.2) is 8.42 Å². The smallest absolute Gasteiger partial charge is 0.243 e. The first-order valence-electron chi connectivity index (χ1n) is 8.10. The molecule has 0 aliphatic carbocycles. The fraction of sp³-hybridized carbons (Fsp3) is 0.625. The molecule has 1 atom stereocenters. The average molecular weight is 358 g/mol. The summed E-state index contributed by atoms with van der Waals surface area (Å²) in [5.41, 5.74) is 5.87. The van der Waals surface area contributed by atoms with E-state index >= 15 is 0 Å². The lowest BCUT2D eigenvalue weighted by Crippen LogP contribution is -2.29. The summed E-state index contributed by atoms with van der Waals surface area (Å²) in [5.74, 6) is 0.283. The number of aromatic hydroxyl groups is 1. The summed E-state index contributed by atoms with van der Waals surface area (Å²) in [6, 6.07) is 4.36. The molecule has 1 aliphatic heterocycles. The highest BCUT2D eigenvalue weighted by atomic mass is 32.2. The first kappa shape index (κ1) is 19.1. The van der Waals surface area contributed by atoms with Gasteiger partial charge in [0.2, 0.25) is 10.0 Å². The standard InChI is InChI=1S/C16H26N2O5S/c1-13-10-15(2-3-16(13)19)24(20,21)18-6-4-14(11-18)12-23-9-8-22-7-5-17/h2-3,10,14,19H,4-9,11-12,17H2,1H3/t14-/m0/s1. The molecule has 0 aromatic heterocycles.